The molecule has 3 aromatic carbocycles. The molecule has 0 amide bonds. The molecule has 0 saturated carbocycles. The fourth-order valence-electron chi connectivity index (χ4n) is 3.65. The smallest absolute Gasteiger partial charge is 0.0497 e. The quantitative estimate of drug-likeness (QED) is 0.342. The molecule has 0 bridgehead atoms. The van der Waals surface area contributed by atoms with E-state index in [-0.39, 0.29) is 0 Å². The van der Waals surface area contributed by atoms with Crippen LogP contribution in [0.5, 0.6) is 0 Å². The van der Waals surface area contributed by atoms with Crippen molar-refractivity contribution in [2.24, 2.45) is 5.73 Å². The van der Waals surface area contributed by atoms with Crippen LogP contribution >= 0.6 is 15.9 Å². The van der Waals surface area contributed by atoms with Gasteiger partial charge in [-0.3, -0.25) is 0 Å². The molecule has 0 aliphatic rings. The molecule has 27 heavy (non-hydrogen) atoms. The van der Waals surface area contributed by atoms with E-state index in [9.17, 15) is 0 Å². The van der Waals surface area contributed by atoms with E-state index >= 15 is 0 Å². The number of nitrogens with two attached hydrogens (primary N) is 1. The van der Waals surface area contributed by atoms with Crippen molar-refractivity contribution in [2.75, 3.05) is 6.54 Å². The van der Waals surface area contributed by atoms with E-state index in [0.29, 0.717) is 0 Å². The Morgan fingerprint density at radius 3 is 2.37 bits per heavy atom. The summed E-state index contributed by atoms with van der Waals surface area (Å²) in [6, 6.07) is 25.8. The molecule has 3 heteroatoms. The molecule has 136 valence electrons. The molecule has 0 spiro atoms. The van der Waals surface area contributed by atoms with Crippen LogP contribution in [-0.4, -0.2) is 11.5 Å². The normalized spacial score (nSPS) is 11.2. The van der Waals surface area contributed by atoms with Gasteiger partial charge in [0.15, 0.2) is 0 Å². The number of H-pyrrole nitrogens is 1. The van der Waals surface area contributed by atoms with Crippen LogP contribution in [0.25, 0.3) is 33.3 Å². The summed E-state index contributed by atoms with van der Waals surface area (Å²) in [5.74, 6) is 0. The number of hydrogen-bond acceptors (Lipinski definition) is 1. The van der Waals surface area contributed by atoms with Crippen LogP contribution in [0.15, 0.2) is 77.3 Å². The van der Waals surface area contributed by atoms with Crippen LogP contribution in [0.1, 0.15) is 18.4 Å². The molecule has 0 aliphatic carbocycles. The fraction of sp³-hybridized carbons (Fsp3) is 0.167. The first-order chi connectivity index (χ1) is 13.3. The summed E-state index contributed by atoms with van der Waals surface area (Å²) in [7, 11) is 0. The van der Waals surface area contributed by atoms with Gasteiger partial charge in [-0.05, 0) is 72.3 Å². The second-order valence-electron chi connectivity index (χ2n) is 6.86. The van der Waals surface area contributed by atoms with Gasteiger partial charge in [-0.15, -0.1) is 0 Å². The zero-order chi connectivity index (χ0) is 18.6. The number of aromatic amines is 1. The Balaban J connectivity index is 1.86. The van der Waals surface area contributed by atoms with E-state index in [1.807, 2.05) is 0 Å². The minimum atomic E-state index is 0.740. The Labute approximate surface area is 168 Å². The largest absolute Gasteiger partial charge is 0.354 e. The SMILES string of the molecule is NCCCCc1c(-c2cccc(Br)c2)[nH]c2ccc(-c3ccccc3)cc12. The number of benzene rings is 3. The molecule has 0 fully saturated rings. The van der Waals surface area contributed by atoms with Gasteiger partial charge in [0.2, 0.25) is 0 Å². The predicted molar refractivity (Wildman–Crippen MR) is 119 cm³/mol. The lowest BCUT2D eigenvalue weighted by atomic mass is 9.97. The highest BCUT2D eigenvalue weighted by atomic mass is 79.9. The molecular formula is C24H23BrN2. The molecule has 3 N–H and O–H groups in total. The van der Waals surface area contributed by atoms with E-state index in [4.69, 9.17) is 5.73 Å². The highest BCUT2D eigenvalue weighted by molar-refractivity contribution is 9.10. The van der Waals surface area contributed by atoms with Crippen molar-refractivity contribution in [2.45, 2.75) is 19.3 Å². The first-order valence-electron chi connectivity index (χ1n) is 9.42. The minimum Gasteiger partial charge on any atom is -0.354 e. The van der Waals surface area contributed by atoms with E-state index in [0.717, 1.165) is 30.3 Å². The zero-order valence-corrected chi connectivity index (χ0v) is 16.8. The summed E-state index contributed by atoms with van der Waals surface area (Å²) in [6.45, 7) is 0.740. The maximum absolute atomic E-state index is 5.74. The van der Waals surface area contributed by atoms with Crippen LogP contribution in [0, 0.1) is 0 Å². The topological polar surface area (TPSA) is 41.8 Å². The second-order valence-corrected chi connectivity index (χ2v) is 7.78. The molecule has 1 aromatic heterocycles. The van der Waals surface area contributed by atoms with E-state index < -0.39 is 0 Å². The van der Waals surface area contributed by atoms with Gasteiger partial charge in [0.05, 0.1) is 0 Å². The third-order valence-corrected chi connectivity index (χ3v) is 5.50. The third kappa shape index (κ3) is 3.85. The maximum atomic E-state index is 5.74. The Bertz CT molecular complexity index is 1050. The van der Waals surface area contributed by atoms with Crippen LogP contribution in [-0.2, 0) is 6.42 Å². The number of rotatable bonds is 6. The first-order valence-corrected chi connectivity index (χ1v) is 10.2. The molecule has 0 saturated heterocycles. The molecular weight excluding hydrogens is 396 g/mol. The molecule has 0 radical (unpaired) electrons. The Kier molecular flexibility index (Phi) is 5.42. The van der Waals surface area contributed by atoms with Gasteiger partial charge >= 0.3 is 0 Å². The third-order valence-electron chi connectivity index (χ3n) is 5.01. The number of halogens is 1. The second kappa shape index (κ2) is 8.12. The Morgan fingerprint density at radius 2 is 1.59 bits per heavy atom. The Morgan fingerprint density at radius 1 is 0.778 bits per heavy atom. The summed E-state index contributed by atoms with van der Waals surface area (Å²) in [6.07, 6.45) is 3.17. The number of hydrogen-bond donors (Lipinski definition) is 2. The van der Waals surface area contributed by atoms with Crippen molar-refractivity contribution in [3.8, 4) is 22.4 Å². The number of aromatic nitrogens is 1. The summed E-state index contributed by atoms with van der Waals surface area (Å²) < 4.78 is 1.09. The number of unbranched alkanes of at least 4 members (excludes halogenated alkanes) is 1. The van der Waals surface area contributed by atoms with Crippen molar-refractivity contribution in [3.63, 3.8) is 0 Å². The van der Waals surface area contributed by atoms with Gasteiger partial charge in [0, 0.05) is 21.1 Å². The first kappa shape index (κ1) is 18.0. The predicted octanol–water partition coefficient (Wildman–Crippen LogP) is 6.55. The van der Waals surface area contributed by atoms with E-state index in [1.165, 1.54) is 38.9 Å². The summed E-state index contributed by atoms with van der Waals surface area (Å²) in [4.78, 5) is 3.66. The minimum absolute atomic E-state index is 0.740. The monoisotopic (exact) mass is 418 g/mol. The van der Waals surface area contributed by atoms with Crippen LogP contribution in [0.3, 0.4) is 0 Å². The van der Waals surface area contributed by atoms with Gasteiger partial charge < -0.3 is 10.7 Å². The van der Waals surface area contributed by atoms with Gasteiger partial charge in [0.1, 0.15) is 0 Å². The maximum Gasteiger partial charge on any atom is 0.0497 e. The molecule has 2 nitrogen and oxygen atoms in total. The van der Waals surface area contributed by atoms with Gasteiger partial charge in [0.25, 0.3) is 0 Å². The van der Waals surface area contributed by atoms with Crippen molar-refractivity contribution >= 4 is 26.8 Å². The van der Waals surface area contributed by atoms with Crippen molar-refractivity contribution < 1.29 is 0 Å². The summed E-state index contributed by atoms with van der Waals surface area (Å²) in [5.41, 5.74) is 13.2. The average Bonchev–Trinajstić information content (AvgIpc) is 3.07. The zero-order valence-electron chi connectivity index (χ0n) is 15.2. The molecule has 0 aliphatic heterocycles. The molecule has 0 atom stereocenters. The highest BCUT2D eigenvalue weighted by Crippen LogP contribution is 2.35. The van der Waals surface area contributed by atoms with Crippen molar-refractivity contribution in [1.82, 2.24) is 4.98 Å². The van der Waals surface area contributed by atoms with Gasteiger partial charge in [-0.2, -0.15) is 0 Å². The number of aryl methyl sites for hydroxylation is 1. The Hall–Kier alpha value is -2.36. The standard InChI is InChI=1S/C24H23BrN2/c25-20-10-6-9-19(15-20)24-21(11-4-5-14-26)22-16-18(12-13-23(22)27-24)17-7-2-1-3-8-17/h1-3,6-10,12-13,15-16,27H,4-5,11,14,26H2. The van der Waals surface area contributed by atoms with Crippen LogP contribution in [0.4, 0.5) is 0 Å². The van der Waals surface area contributed by atoms with Gasteiger partial charge in [-0.1, -0.05) is 64.5 Å². The average molecular weight is 419 g/mol. The molecule has 1 heterocycles. The van der Waals surface area contributed by atoms with Crippen molar-refractivity contribution in [1.29, 1.82) is 0 Å². The fourth-order valence-corrected chi connectivity index (χ4v) is 4.05. The lowest BCUT2D eigenvalue weighted by molar-refractivity contribution is 0.748. The molecule has 4 aromatic rings. The van der Waals surface area contributed by atoms with E-state index in [1.54, 1.807) is 0 Å². The number of nitrogens with one attached hydrogen (secondary N) is 1. The van der Waals surface area contributed by atoms with Gasteiger partial charge in [-0.25, -0.2) is 0 Å². The summed E-state index contributed by atoms with van der Waals surface area (Å²) >= 11 is 3.60. The van der Waals surface area contributed by atoms with Crippen LogP contribution < -0.4 is 5.73 Å². The lowest BCUT2D eigenvalue weighted by Crippen LogP contribution is -1.99. The molecule has 0 unspecified atom stereocenters. The van der Waals surface area contributed by atoms with E-state index in [2.05, 4.69) is 93.7 Å². The van der Waals surface area contributed by atoms with Crippen LogP contribution in [0.2, 0.25) is 0 Å². The number of fused-ring (bicyclic) bond motifs is 1. The van der Waals surface area contributed by atoms with Crippen molar-refractivity contribution in [3.05, 3.63) is 82.8 Å². The highest BCUT2D eigenvalue weighted by Gasteiger charge is 2.14. The summed E-state index contributed by atoms with van der Waals surface area (Å²) in [5, 5.41) is 1.31. The lowest BCUT2D eigenvalue weighted by Gasteiger charge is -2.07. The molecule has 4 rings (SSSR count).